The van der Waals surface area contributed by atoms with Crippen molar-refractivity contribution in [1.82, 2.24) is 5.32 Å². The second-order valence-electron chi connectivity index (χ2n) is 4.91. The molecule has 0 aromatic heterocycles. The van der Waals surface area contributed by atoms with E-state index >= 15 is 0 Å². The van der Waals surface area contributed by atoms with Crippen LogP contribution in [0.25, 0.3) is 0 Å². The molecule has 1 aliphatic rings. The fourth-order valence-corrected chi connectivity index (χ4v) is 2.93. The van der Waals surface area contributed by atoms with Gasteiger partial charge in [0.1, 0.15) is 17.7 Å². The van der Waals surface area contributed by atoms with Gasteiger partial charge in [-0.3, -0.25) is 4.79 Å². The summed E-state index contributed by atoms with van der Waals surface area (Å²) in [6, 6.07) is 8.33. The van der Waals surface area contributed by atoms with Gasteiger partial charge in [0.15, 0.2) is 0 Å². The first-order chi connectivity index (χ1) is 9.97. The smallest absolute Gasteiger partial charge is 0.255 e. The summed E-state index contributed by atoms with van der Waals surface area (Å²) < 4.78 is 0.364. The Kier molecular flexibility index (Phi) is 3.25. The Morgan fingerprint density at radius 2 is 1.95 bits per heavy atom. The molecule has 1 amide bonds. The van der Waals surface area contributed by atoms with Crippen LogP contribution in [0.1, 0.15) is 27.7 Å². The molecule has 3 rings (SSSR count). The number of anilines is 1. The summed E-state index contributed by atoms with van der Waals surface area (Å²) >= 11 is 3.17. The number of aromatic hydroxyl groups is 2. The van der Waals surface area contributed by atoms with Crippen molar-refractivity contribution in [3.63, 3.8) is 0 Å². The van der Waals surface area contributed by atoms with E-state index in [0.717, 1.165) is 5.56 Å². The van der Waals surface area contributed by atoms with Crippen molar-refractivity contribution in [2.75, 3.05) is 5.32 Å². The van der Waals surface area contributed by atoms with Gasteiger partial charge in [-0.1, -0.05) is 12.1 Å². The van der Waals surface area contributed by atoms with E-state index in [9.17, 15) is 15.0 Å². The lowest BCUT2D eigenvalue weighted by atomic mass is 10.0. The zero-order valence-electron chi connectivity index (χ0n) is 11.1. The fourth-order valence-electron chi connectivity index (χ4n) is 2.47. The molecular formula is C15H13BrN2O3. The Morgan fingerprint density at radius 3 is 2.71 bits per heavy atom. The van der Waals surface area contributed by atoms with Crippen LogP contribution in [-0.4, -0.2) is 16.1 Å². The number of phenols is 2. The third-order valence-electron chi connectivity index (χ3n) is 3.46. The number of benzene rings is 2. The highest BCUT2D eigenvalue weighted by Crippen LogP contribution is 2.38. The number of hydrogen-bond acceptors (Lipinski definition) is 4. The van der Waals surface area contributed by atoms with Gasteiger partial charge in [0.2, 0.25) is 0 Å². The van der Waals surface area contributed by atoms with Gasteiger partial charge in [0, 0.05) is 11.3 Å². The van der Waals surface area contributed by atoms with Crippen molar-refractivity contribution >= 4 is 27.5 Å². The number of hydrogen-bond donors (Lipinski definition) is 4. The Balaban J connectivity index is 2.06. The molecule has 6 heteroatoms. The molecule has 0 saturated carbocycles. The minimum absolute atomic E-state index is 0.000707. The maximum Gasteiger partial charge on any atom is 0.255 e. The van der Waals surface area contributed by atoms with Crippen LogP contribution in [0, 0.1) is 6.92 Å². The fraction of sp³-hybridized carbons (Fsp3) is 0.133. The van der Waals surface area contributed by atoms with Crippen LogP contribution in [0.4, 0.5) is 5.69 Å². The molecule has 1 atom stereocenters. The third-order valence-corrected chi connectivity index (χ3v) is 4.07. The normalized spacial score (nSPS) is 16.9. The molecule has 2 aromatic rings. The van der Waals surface area contributed by atoms with Crippen molar-refractivity contribution in [1.29, 1.82) is 0 Å². The van der Waals surface area contributed by atoms with Crippen LogP contribution in [0.3, 0.4) is 0 Å². The van der Waals surface area contributed by atoms with Gasteiger partial charge < -0.3 is 20.8 Å². The summed E-state index contributed by atoms with van der Waals surface area (Å²) in [4.78, 5) is 12.3. The van der Waals surface area contributed by atoms with Gasteiger partial charge in [-0.25, -0.2) is 0 Å². The first-order valence-electron chi connectivity index (χ1n) is 6.36. The molecule has 0 bridgehead atoms. The van der Waals surface area contributed by atoms with E-state index in [-0.39, 0.29) is 17.4 Å². The Labute approximate surface area is 129 Å². The van der Waals surface area contributed by atoms with Crippen molar-refractivity contribution < 1.29 is 15.0 Å². The molecule has 108 valence electrons. The summed E-state index contributed by atoms with van der Waals surface area (Å²) in [7, 11) is 0. The zero-order chi connectivity index (χ0) is 15.1. The van der Waals surface area contributed by atoms with Crippen LogP contribution >= 0.6 is 15.9 Å². The van der Waals surface area contributed by atoms with Gasteiger partial charge in [-0.15, -0.1) is 0 Å². The van der Waals surface area contributed by atoms with Gasteiger partial charge in [-0.05, 0) is 46.6 Å². The number of fused-ring (bicyclic) bond motifs is 1. The molecule has 0 saturated heterocycles. The van der Waals surface area contributed by atoms with Crippen LogP contribution in [0.15, 0.2) is 34.8 Å². The second-order valence-corrected chi connectivity index (χ2v) is 5.77. The largest absolute Gasteiger partial charge is 0.508 e. The third kappa shape index (κ3) is 2.31. The molecule has 21 heavy (non-hydrogen) atoms. The van der Waals surface area contributed by atoms with E-state index in [1.807, 2.05) is 25.1 Å². The van der Waals surface area contributed by atoms with E-state index < -0.39 is 6.17 Å². The summed E-state index contributed by atoms with van der Waals surface area (Å²) in [5, 5.41) is 25.7. The molecule has 0 aliphatic carbocycles. The lowest BCUT2D eigenvalue weighted by molar-refractivity contribution is 0.0934. The topological polar surface area (TPSA) is 81.6 Å². The lowest BCUT2D eigenvalue weighted by Gasteiger charge is -2.29. The Hall–Kier alpha value is -2.21. The summed E-state index contributed by atoms with van der Waals surface area (Å²) in [6.45, 7) is 1.86. The molecule has 1 heterocycles. The van der Waals surface area contributed by atoms with Crippen LogP contribution in [0.5, 0.6) is 11.5 Å². The maximum absolute atomic E-state index is 12.3. The summed E-state index contributed by atoms with van der Waals surface area (Å²) in [5.41, 5.74) is 2.55. The van der Waals surface area contributed by atoms with E-state index in [2.05, 4.69) is 26.6 Å². The molecular weight excluding hydrogens is 336 g/mol. The molecule has 0 fully saturated rings. The molecule has 4 N–H and O–H groups in total. The quantitative estimate of drug-likeness (QED) is 0.597. The first kappa shape index (κ1) is 13.8. The van der Waals surface area contributed by atoms with Crippen molar-refractivity contribution in [3.8, 4) is 11.5 Å². The molecule has 5 nitrogen and oxygen atoms in total. The summed E-state index contributed by atoms with van der Waals surface area (Å²) in [5.74, 6) is -0.242. The van der Waals surface area contributed by atoms with Crippen molar-refractivity contribution in [3.05, 3.63) is 51.5 Å². The van der Waals surface area contributed by atoms with Crippen LogP contribution < -0.4 is 10.6 Å². The van der Waals surface area contributed by atoms with Crippen molar-refractivity contribution in [2.24, 2.45) is 0 Å². The molecule has 0 radical (unpaired) electrons. The number of carbonyl (C=O) groups excluding carboxylic acids is 1. The highest BCUT2D eigenvalue weighted by Gasteiger charge is 2.28. The zero-order valence-corrected chi connectivity index (χ0v) is 12.7. The number of carbonyl (C=O) groups is 1. The Bertz CT molecular complexity index is 746. The van der Waals surface area contributed by atoms with Gasteiger partial charge in [0.05, 0.1) is 10.0 Å². The van der Waals surface area contributed by atoms with Crippen molar-refractivity contribution in [2.45, 2.75) is 13.1 Å². The standard InChI is InChI=1S/C15H13BrN2O3/c1-7-3-2-4-11-12(7)15(21)18-14(17-11)9-5-8(19)6-10(16)13(9)20/h2-6,14,17,19-20H,1H3,(H,18,21). The van der Waals surface area contributed by atoms with E-state index in [0.29, 0.717) is 21.3 Å². The minimum atomic E-state index is -0.616. The molecule has 2 aromatic carbocycles. The maximum atomic E-state index is 12.3. The van der Waals surface area contributed by atoms with Crippen LogP contribution in [-0.2, 0) is 0 Å². The Morgan fingerprint density at radius 1 is 1.19 bits per heavy atom. The number of rotatable bonds is 1. The van der Waals surface area contributed by atoms with Gasteiger partial charge in [-0.2, -0.15) is 0 Å². The predicted molar refractivity (Wildman–Crippen MR) is 82.5 cm³/mol. The highest BCUT2D eigenvalue weighted by molar-refractivity contribution is 9.10. The highest BCUT2D eigenvalue weighted by atomic mass is 79.9. The van der Waals surface area contributed by atoms with E-state index in [1.54, 1.807) is 0 Å². The number of halogens is 1. The first-order valence-corrected chi connectivity index (χ1v) is 7.15. The SMILES string of the molecule is Cc1cccc2c1C(=O)NC(c1cc(O)cc(Br)c1O)N2. The lowest BCUT2D eigenvalue weighted by Crippen LogP contribution is -2.39. The molecule has 1 aliphatic heterocycles. The van der Waals surface area contributed by atoms with E-state index in [1.165, 1.54) is 12.1 Å². The number of aryl methyl sites for hydroxylation is 1. The predicted octanol–water partition coefficient (Wildman–Crippen LogP) is 3.02. The number of amides is 1. The monoisotopic (exact) mass is 348 g/mol. The van der Waals surface area contributed by atoms with Crippen LogP contribution in [0.2, 0.25) is 0 Å². The number of nitrogens with one attached hydrogen (secondary N) is 2. The average molecular weight is 349 g/mol. The van der Waals surface area contributed by atoms with E-state index in [4.69, 9.17) is 0 Å². The molecule has 1 unspecified atom stereocenters. The molecule has 0 spiro atoms. The average Bonchev–Trinajstić information content (AvgIpc) is 2.42. The minimum Gasteiger partial charge on any atom is -0.508 e. The summed E-state index contributed by atoms with van der Waals surface area (Å²) in [6.07, 6.45) is -0.616. The van der Waals surface area contributed by atoms with Gasteiger partial charge >= 0.3 is 0 Å². The number of phenolic OH excluding ortho intramolecular Hbond substituents is 2. The second kappa shape index (κ2) is 4.96. The van der Waals surface area contributed by atoms with Gasteiger partial charge in [0.25, 0.3) is 5.91 Å².